The van der Waals surface area contributed by atoms with E-state index < -0.39 is 0 Å². The first kappa shape index (κ1) is 16.9. The SMILES string of the molecule is COc1ccc(CCOC(=O)CCc2ccc(OC)cc2)cc1. The molecule has 2 rings (SSSR count). The third-order valence-electron chi connectivity index (χ3n) is 3.59. The van der Waals surface area contributed by atoms with Crippen molar-refractivity contribution in [2.45, 2.75) is 19.3 Å². The molecule has 0 amide bonds. The van der Waals surface area contributed by atoms with Gasteiger partial charge in [0.15, 0.2) is 0 Å². The van der Waals surface area contributed by atoms with Gasteiger partial charge in [0.2, 0.25) is 0 Å². The van der Waals surface area contributed by atoms with Crippen LogP contribution in [0.1, 0.15) is 17.5 Å². The molecular weight excluding hydrogens is 292 g/mol. The van der Waals surface area contributed by atoms with Crippen LogP contribution in [-0.4, -0.2) is 26.8 Å². The van der Waals surface area contributed by atoms with E-state index in [1.165, 1.54) is 0 Å². The van der Waals surface area contributed by atoms with Gasteiger partial charge in [-0.2, -0.15) is 0 Å². The largest absolute Gasteiger partial charge is 0.497 e. The summed E-state index contributed by atoms with van der Waals surface area (Å²) in [5, 5.41) is 0. The molecule has 2 aromatic rings. The molecule has 23 heavy (non-hydrogen) atoms. The molecule has 122 valence electrons. The molecule has 0 heterocycles. The molecule has 0 N–H and O–H groups in total. The zero-order valence-corrected chi connectivity index (χ0v) is 13.6. The lowest BCUT2D eigenvalue weighted by molar-refractivity contribution is -0.143. The lowest BCUT2D eigenvalue weighted by Gasteiger charge is -2.06. The summed E-state index contributed by atoms with van der Waals surface area (Å²) >= 11 is 0. The van der Waals surface area contributed by atoms with Crippen molar-refractivity contribution in [1.82, 2.24) is 0 Å². The Morgan fingerprint density at radius 3 is 1.74 bits per heavy atom. The highest BCUT2D eigenvalue weighted by Gasteiger charge is 2.04. The van der Waals surface area contributed by atoms with Crippen LogP contribution in [0.5, 0.6) is 11.5 Å². The first-order valence-electron chi connectivity index (χ1n) is 7.63. The highest BCUT2D eigenvalue weighted by Crippen LogP contribution is 2.13. The molecule has 0 bridgehead atoms. The summed E-state index contributed by atoms with van der Waals surface area (Å²) in [6.07, 6.45) is 1.76. The van der Waals surface area contributed by atoms with Gasteiger partial charge in [0.25, 0.3) is 0 Å². The standard InChI is InChI=1S/C19H22O4/c1-21-17-8-3-15(4-9-17)7-12-19(20)23-14-13-16-5-10-18(22-2)11-6-16/h3-6,8-11H,7,12-14H2,1-2H3. The van der Waals surface area contributed by atoms with Crippen LogP contribution in [0, 0.1) is 0 Å². The van der Waals surface area contributed by atoms with Crippen molar-refractivity contribution in [3.63, 3.8) is 0 Å². The molecule has 0 aliphatic rings. The smallest absolute Gasteiger partial charge is 0.306 e. The quantitative estimate of drug-likeness (QED) is 0.700. The summed E-state index contributed by atoms with van der Waals surface area (Å²) in [5.41, 5.74) is 2.21. The highest BCUT2D eigenvalue weighted by atomic mass is 16.5. The number of methoxy groups -OCH3 is 2. The molecule has 2 aromatic carbocycles. The van der Waals surface area contributed by atoms with Gasteiger partial charge in [-0.05, 0) is 41.8 Å². The van der Waals surface area contributed by atoms with Crippen LogP contribution >= 0.6 is 0 Å². The molecule has 0 saturated heterocycles. The van der Waals surface area contributed by atoms with Crippen LogP contribution in [0.3, 0.4) is 0 Å². The molecule has 0 aliphatic carbocycles. The first-order valence-corrected chi connectivity index (χ1v) is 7.63. The number of ether oxygens (including phenoxy) is 3. The Bertz CT molecular complexity index is 602. The summed E-state index contributed by atoms with van der Waals surface area (Å²) in [6, 6.07) is 15.5. The maximum absolute atomic E-state index is 11.8. The average Bonchev–Trinajstić information content (AvgIpc) is 2.61. The summed E-state index contributed by atoms with van der Waals surface area (Å²) in [5.74, 6) is 1.47. The van der Waals surface area contributed by atoms with E-state index in [4.69, 9.17) is 14.2 Å². The van der Waals surface area contributed by atoms with E-state index in [1.54, 1.807) is 14.2 Å². The number of rotatable bonds is 8. The molecule has 4 nitrogen and oxygen atoms in total. The van der Waals surface area contributed by atoms with Crippen molar-refractivity contribution >= 4 is 5.97 Å². The fraction of sp³-hybridized carbons (Fsp3) is 0.316. The molecule has 0 radical (unpaired) electrons. The van der Waals surface area contributed by atoms with Crippen molar-refractivity contribution < 1.29 is 19.0 Å². The summed E-state index contributed by atoms with van der Waals surface area (Å²) < 4.78 is 15.5. The number of carbonyl (C=O) groups excluding carboxylic acids is 1. The number of hydrogen-bond acceptors (Lipinski definition) is 4. The minimum Gasteiger partial charge on any atom is -0.497 e. The normalized spacial score (nSPS) is 10.2. The van der Waals surface area contributed by atoms with Gasteiger partial charge >= 0.3 is 5.97 Å². The molecule has 0 aliphatic heterocycles. The van der Waals surface area contributed by atoms with E-state index in [9.17, 15) is 4.79 Å². The lowest BCUT2D eigenvalue weighted by atomic mass is 10.1. The fourth-order valence-electron chi connectivity index (χ4n) is 2.19. The monoisotopic (exact) mass is 314 g/mol. The number of esters is 1. The van der Waals surface area contributed by atoms with Crippen molar-refractivity contribution in [1.29, 1.82) is 0 Å². The first-order chi connectivity index (χ1) is 11.2. The average molecular weight is 314 g/mol. The second-order valence-electron chi connectivity index (χ2n) is 5.17. The van der Waals surface area contributed by atoms with Gasteiger partial charge in [0, 0.05) is 12.8 Å². The minimum absolute atomic E-state index is 0.172. The van der Waals surface area contributed by atoms with Gasteiger partial charge in [0.05, 0.1) is 20.8 Å². The topological polar surface area (TPSA) is 44.8 Å². The van der Waals surface area contributed by atoms with Gasteiger partial charge in [0.1, 0.15) is 11.5 Å². The van der Waals surface area contributed by atoms with Gasteiger partial charge in [-0.1, -0.05) is 24.3 Å². The zero-order valence-electron chi connectivity index (χ0n) is 13.6. The van der Waals surface area contributed by atoms with Gasteiger partial charge in [-0.3, -0.25) is 4.79 Å². The Morgan fingerprint density at radius 2 is 1.26 bits per heavy atom. The van der Waals surface area contributed by atoms with Crippen molar-refractivity contribution in [2.24, 2.45) is 0 Å². The third kappa shape index (κ3) is 5.66. The molecule has 0 unspecified atom stereocenters. The van der Waals surface area contributed by atoms with Crippen molar-refractivity contribution in [3.05, 3.63) is 59.7 Å². The van der Waals surface area contributed by atoms with E-state index >= 15 is 0 Å². The van der Waals surface area contributed by atoms with E-state index in [1.807, 2.05) is 48.5 Å². The molecule has 0 aromatic heterocycles. The predicted molar refractivity (Wildman–Crippen MR) is 89.0 cm³/mol. The van der Waals surface area contributed by atoms with Crippen LogP contribution in [0.15, 0.2) is 48.5 Å². The van der Waals surface area contributed by atoms with E-state index in [2.05, 4.69) is 0 Å². The number of hydrogen-bond donors (Lipinski definition) is 0. The Morgan fingerprint density at radius 1 is 0.783 bits per heavy atom. The zero-order chi connectivity index (χ0) is 16.5. The van der Waals surface area contributed by atoms with Gasteiger partial charge in [-0.25, -0.2) is 0 Å². The molecule has 0 saturated carbocycles. The van der Waals surface area contributed by atoms with Crippen LogP contribution in [0.25, 0.3) is 0 Å². The van der Waals surface area contributed by atoms with Crippen LogP contribution in [-0.2, 0) is 22.4 Å². The summed E-state index contributed by atoms with van der Waals surface area (Å²) in [4.78, 5) is 11.8. The van der Waals surface area contributed by atoms with Crippen LogP contribution in [0.2, 0.25) is 0 Å². The van der Waals surface area contributed by atoms with E-state index in [0.29, 0.717) is 25.9 Å². The van der Waals surface area contributed by atoms with Gasteiger partial charge in [-0.15, -0.1) is 0 Å². The number of carbonyl (C=O) groups is 1. The predicted octanol–water partition coefficient (Wildman–Crippen LogP) is 3.42. The third-order valence-corrected chi connectivity index (χ3v) is 3.59. The molecule has 0 spiro atoms. The van der Waals surface area contributed by atoms with E-state index in [0.717, 1.165) is 22.6 Å². The second-order valence-corrected chi connectivity index (χ2v) is 5.17. The Balaban J connectivity index is 1.67. The number of benzene rings is 2. The van der Waals surface area contributed by atoms with Crippen molar-refractivity contribution in [3.8, 4) is 11.5 Å². The van der Waals surface area contributed by atoms with E-state index in [-0.39, 0.29) is 5.97 Å². The molecule has 0 fully saturated rings. The number of aryl methyl sites for hydroxylation is 1. The summed E-state index contributed by atoms with van der Waals surface area (Å²) in [6.45, 7) is 0.397. The minimum atomic E-state index is -0.172. The Labute approximate surface area is 137 Å². The molecule has 4 heteroatoms. The molecular formula is C19H22O4. The van der Waals surface area contributed by atoms with Crippen LogP contribution < -0.4 is 9.47 Å². The molecule has 0 atom stereocenters. The summed E-state index contributed by atoms with van der Waals surface area (Å²) in [7, 11) is 3.27. The van der Waals surface area contributed by atoms with Crippen LogP contribution in [0.4, 0.5) is 0 Å². The second kappa shape index (κ2) is 8.83. The fourth-order valence-corrected chi connectivity index (χ4v) is 2.19. The van der Waals surface area contributed by atoms with Gasteiger partial charge < -0.3 is 14.2 Å². The maximum atomic E-state index is 11.8. The Hall–Kier alpha value is -2.49. The maximum Gasteiger partial charge on any atom is 0.306 e. The lowest BCUT2D eigenvalue weighted by Crippen LogP contribution is -2.08. The van der Waals surface area contributed by atoms with Crippen molar-refractivity contribution in [2.75, 3.05) is 20.8 Å². The Kier molecular flexibility index (Phi) is 6.48. The highest BCUT2D eigenvalue weighted by molar-refractivity contribution is 5.69.